The number of amides is 2. The van der Waals surface area contributed by atoms with Crippen molar-refractivity contribution >= 4 is 33.4 Å². The van der Waals surface area contributed by atoms with Crippen LogP contribution in [0.3, 0.4) is 0 Å². The summed E-state index contributed by atoms with van der Waals surface area (Å²) < 4.78 is 6.58. The first-order valence-corrected chi connectivity index (χ1v) is 9.26. The molecule has 0 aromatic heterocycles. The molecule has 0 saturated heterocycles. The van der Waals surface area contributed by atoms with Gasteiger partial charge in [-0.05, 0) is 42.7 Å². The molecule has 0 bridgehead atoms. The number of carbonyl (C=O) groups is 2. The van der Waals surface area contributed by atoms with E-state index in [4.69, 9.17) is 4.74 Å². The number of nitrogens with one attached hydrogen (secondary N) is 2. The molecule has 2 aromatic rings. The van der Waals surface area contributed by atoms with Crippen LogP contribution >= 0.6 is 15.9 Å². The van der Waals surface area contributed by atoms with E-state index in [-0.39, 0.29) is 11.8 Å². The summed E-state index contributed by atoms with van der Waals surface area (Å²) in [5.74, 6) is 0.441. The van der Waals surface area contributed by atoms with E-state index >= 15 is 0 Å². The van der Waals surface area contributed by atoms with Crippen LogP contribution in [0.4, 0.5) is 5.69 Å². The van der Waals surface area contributed by atoms with Gasteiger partial charge < -0.3 is 15.4 Å². The fourth-order valence-electron chi connectivity index (χ4n) is 2.32. The Morgan fingerprint density at radius 1 is 1.08 bits per heavy atom. The van der Waals surface area contributed by atoms with Crippen molar-refractivity contribution in [1.29, 1.82) is 0 Å². The first kappa shape index (κ1) is 20.0. The Morgan fingerprint density at radius 3 is 2.50 bits per heavy atom. The smallest absolute Gasteiger partial charge is 0.259 e. The van der Waals surface area contributed by atoms with Crippen LogP contribution in [0.2, 0.25) is 0 Å². The Hall–Kier alpha value is -2.34. The summed E-state index contributed by atoms with van der Waals surface area (Å²) in [7, 11) is 1.55. The van der Waals surface area contributed by atoms with Crippen LogP contribution in [-0.4, -0.2) is 25.5 Å². The Morgan fingerprint density at radius 2 is 1.81 bits per heavy atom. The maximum Gasteiger partial charge on any atom is 0.259 e. The molecule has 0 aliphatic rings. The Bertz CT molecular complexity index is 790. The van der Waals surface area contributed by atoms with Crippen molar-refractivity contribution in [2.75, 3.05) is 19.0 Å². The average Bonchev–Trinajstić information content (AvgIpc) is 2.62. The third-order valence-electron chi connectivity index (χ3n) is 3.79. The fraction of sp³-hybridized carbons (Fsp3) is 0.300. The number of hydrogen-bond donors (Lipinski definition) is 2. The summed E-state index contributed by atoms with van der Waals surface area (Å²) in [6, 6.07) is 12.2. The summed E-state index contributed by atoms with van der Waals surface area (Å²) >= 11 is 3.39. The topological polar surface area (TPSA) is 67.4 Å². The number of hydrogen-bond acceptors (Lipinski definition) is 3. The Kier molecular flexibility index (Phi) is 7.21. The predicted molar refractivity (Wildman–Crippen MR) is 107 cm³/mol. The van der Waals surface area contributed by atoms with E-state index in [1.807, 2.05) is 6.07 Å². The van der Waals surface area contributed by atoms with E-state index in [2.05, 4.69) is 40.4 Å². The van der Waals surface area contributed by atoms with Crippen LogP contribution in [-0.2, 0) is 0 Å². The van der Waals surface area contributed by atoms with Gasteiger partial charge in [-0.15, -0.1) is 0 Å². The lowest BCUT2D eigenvalue weighted by Gasteiger charge is -2.14. The molecular weight excluding hydrogens is 396 g/mol. The number of halogens is 1. The van der Waals surface area contributed by atoms with Crippen molar-refractivity contribution in [3.05, 3.63) is 58.1 Å². The molecule has 26 heavy (non-hydrogen) atoms. The lowest BCUT2D eigenvalue weighted by molar-refractivity contribution is 0.0964. The molecular formula is C20H23BrN2O3. The Balaban J connectivity index is 2.24. The third kappa shape index (κ3) is 5.33. The van der Waals surface area contributed by atoms with E-state index < -0.39 is 0 Å². The summed E-state index contributed by atoms with van der Waals surface area (Å²) in [4.78, 5) is 24.8. The molecule has 0 atom stereocenters. The number of ether oxygens (including phenoxy) is 1. The molecule has 0 saturated carbocycles. The second-order valence-corrected chi connectivity index (χ2v) is 7.17. The zero-order valence-corrected chi connectivity index (χ0v) is 16.7. The van der Waals surface area contributed by atoms with E-state index in [1.54, 1.807) is 43.4 Å². The highest BCUT2D eigenvalue weighted by Crippen LogP contribution is 2.25. The van der Waals surface area contributed by atoms with Crippen molar-refractivity contribution in [3.63, 3.8) is 0 Å². The molecule has 0 aliphatic heterocycles. The highest BCUT2D eigenvalue weighted by atomic mass is 79.9. The fourth-order valence-corrected chi connectivity index (χ4v) is 2.69. The van der Waals surface area contributed by atoms with Crippen molar-refractivity contribution in [2.45, 2.75) is 20.3 Å². The van der Waals surface area contributed by atoms with Crippen LogP contribution in [0, 0.1) is 5.92 Å². The first-order valence-electron chi connectivity index (χ1n) is 8.47. The van der Waals surface area contributed by atoms with Crippen molar-refractivity contribution in [3.8, 4) is 5.75 Å². The minimum Gasteiger partial charge on any atom is -0.493 e. The highest BCUT2D eigenvalue weighted by molar-refractivity contribution is 9.10. The highest BCUT2D eigenvalue weighted by Gasteiger charge is 2.17. The molecule has 0 heterocycles. The number of anilines is 1. The number of para-hydroxylation sites is 1. The van der Waals surface area contributed by atoms with Crippen molar-refractivity contribution in [2.24, 2.45) is 5.92 Å². The van der Waals surface area contributed by atoms with Gasteiger partial charge in [0.25, 0.3) is 11.8 Å². The van der Waals surface area contributed by atoms with Gasteiger partial charge in [0.2, 0.25) is 0 Å². The van der Waals surface area contributed by atoms with Gasteiger partial charge in [-0.1, -0.05) is 41.9 Å². The minimum absolute atomic E-state index is 0.261. The quantitative estimate of drug-likeness (QED) is 0.695. The molecule has 6 heteroatoms. The number of rotatable bonds is 7. The molecule has 0 unspecified atom stereocenters. The van der Waals surface area contributed by atoms with E-state index in [9.17, 15) is 9.59 Å². The standard InChI is InChI=1S/C20H23BrN2O3/c1-13(2)10-11-26-18-9-8-14(21)12-16(18)20(25)23-17-7-5-4-6-15(17)19(24)22-3/h4-9,12-13H,10-11H2,1-3H3,(H,22,24)(H,23,25). The SMILES string of the molecule is CNC(=O)c1ccccc1NC(=O)c1cc(Br)ccc1OCCC(C)C. The zero-order chi connectivity index (χ0) is 19.1. The molecule has 2 amide bonds. The summed E-state index contributed by atoms with van der Waals surface area (Å²) in [5.41, 5.74) is 1.26. The molecule has 2 rings (SSSR count). The largest absolute Gasteiger partial charge is 0.493 e. The van der Waals surface area contributed by atoms with E-state index in [0.29, 0.717) is 35.1 Å². The molecule has 5 nitrogen and oxygen atoms in total. The first-order chi connectivity index (χ1) is 12.4. The Labute approximate surface area is 162 Å². The minimum atomic E-state index is -0.331. The van der Waals surface area contributed by atoms with Gasteiger partial charge in [-0.2, -0.15) is 0 Å². The van der Waals surface area contributed by atoms with E-state index in [0.717, 1.165) is 10.9 Å². The second-order valence-electron chi connectivity index (χ2n) is 6.25. The molecule has 0 fully saturated rings. The van der Waals surface area contributed by atoms with Gasteiger partial charge in [0.05, 0.1) is 23.4 Å². The average molecular weight is 419 g/mol. The zero-order valence-electron chi connectivity index (χ0n) is 15.1. The molecule has 2 N–H and O–H groups in total. The molecule has 0 aliphatic carbocycles. The lowest BCUT2D eigenvalue weighted by atomic mass is 10.1. The lowest BCUT2D eigenvalue weighted by Crippen LogP contribution is -2.21. The number of carbonyl (C=O) groups excluding carboxylic acids is 2. The third-order valence-corrected chi connectivity index (χ3v) is 4.28. The predicted octanol–water partition coefficient (Wildman–Crippen LogP) is 4.49. The van der Waals surface area contributed by atoms with Crippen molar-refractivity contribution in [1.82, 2.24) is 5.32 Å². The van der Waals surface area contributed by atoms with E-state index in [1.165, 1.54) is 0 Å². The maximum atomic E-state index is 12.8. The van der Waals surface area contributed by atoms with Gasteiger partial charge >= 0.3 is 0 Å². The van der Waals surface area contributed by atoms with Gasteiger partial charge in [-0.25, -0.2) is 0 Å². The van der Waals surface area contributed by atoms with Gasteiger partial charge in [0, 0.05) is 11.5 Å². The summed E-state index contributed by atoms with van der Waals surface area (Å²) in [5, 5.41) is 5.38. The van der Waals surface area contributed by atoms with Crippen molar-refractivity contribution < 1.29 is 14.3 Å². The molecule has 0 radical (unpaired) electrons. The summed E-state index contributed by atoms with van der Waals surface area (Å²) in [6.45, 7) is 4.77. The van der Waals surface area contributed by atoms with Gasteiger partial charge in [0.15, 0.2) is 0 Å². The number of benzene rings is 2. The van der Waals surface area contributed by atoms with Crippen LogP contribution < -0.4 is 15.4 Å². The molecule has 2 aromatic carbocycles. The monoisotopic (exact) mass is 418 g/mol. The molecule has 138 valence electrons. The van der Waals surface area contributed by atoms with Crippen LogP contribution in [0.1, 0.15) is 41.0 Å². The normalized spacial score (nSPS) is 10.5. The summed E-state index contributed by atoms with van der Waals surface area (Å²) in [6.07, 6.45) is 0.899. The maximum absolute atomic E-state index is 12.8. The van der Waals surface area contributed by atoms with Crippen LogP contribution in [0.15, 0.2) is 46.9 Å². The van der Waals surface area contributed by atoms with Crippen LogP contribution in [0.25, 0.3) is 0 Å². The van der Waals surface area contributed by atoms with Gasteiger partial charge in [0.1, 0.15) is 5.75 Å². The van der Waals surface area contributed by atoms with Crippen LogP contribution in [0.5, 0.6) is 5.75 Å². The second kappa shape index (κ2) is 9.38. The van der Waals surface area contributed by atoms with Gasteiger partial charge in [-0.3, -0.25) is 9.59 Å². The molecule has 0 spiro atoms.